The first-order valence-corrected chi connectivity index (χ1v) is 7.83. The van der Waals surface area contributed by atoms with Crippen LogP contribution in [0.5, 0.6) is 0 Å². The van der Waals surface area contributed by atoms with E-state index in [0.717, 1.165) is 5.56 Å². The van der Waals surface area contributed by atoms with Crippen LogP contribution in [0.2, 0.25) is 0 Å². The molecule has 1 heterocycles. The van der Waals surface area contributed by atoms with Crippen molar-refractivity contribution >= 4 is 15.7 Å². The summed E-state index contributed by atoms with van der Waals surface area (Å²) < 4.78 is 27.1. The van der Waals surface area contributed by atoms with E-state index in [0.29, 0.717) is 17.9 Å². The third-order valence-electron chi connectivity index (χ3n) is 2.93. The largest absolute Gasteiger partial charge is 0.332 e. The zero-order chi connectivity index (χ0) is 14.8. The lowest BCUT2D eigenvalue weighted by Crippen LogP contribution is -2.16. The van der Waals surface area contributed by atoms with Crippen molar-refractivity contribution in [3.63, 3.8) is 0 Å². The number of aromatic nitrogens is 2. The fraction of sp³-hybridized carbons (Fsp3) is 0.308. The Labute approximate surface area is 118 Å². The van der Waals surface area contributed by atoms with Crippen LogP contribution in [0, 0.1) is 0 Å². The second-order valence-corrected chi connectivity index (χ2v) is 6.18. The zero-order valence-corrected chi connectivity index (χ0v) is 12.2. The summed E-state index contributed by atoms with van der Waals surface area (Å²) in [6.45, 7) is 3.70. The molecule has 7 heteroatoms. The number of sulfonamides is 1. The van der Waals surface area contributed by atoms with Gasteiger partial charge in [-0.1, -0.05) is 25.1 Å². The topological polar surface area (TPSA) is 101 Å². The summed E-state index contributed by atoms with van der Waals surface area (Å²) in [6.07, 6.45) is 1.96. The summed E-state index contributed by atoms with van der Waals surface area (Å²) in [5.74, 6) is 0.630. The Morgan fingerprint density at radius 2 is 2.10 bits per heavy atom. The number of nitrogens with one attached hydrogen (secondary N) is 2. The first-order chi connectivity index (χ1) is 9.44. The maximum Gasteiger partial charge on any atom is 0.278 e. The molecule has 0 saturated carbocycles. The summed E-state index contributed by atoms with van der Waals surface area (Å²) in [5, 5.41) is 0.0498. The molecule has 0 saturated heterocycles. The lowest BCUT2D eigenvalue weighted by molar-refractivity contribution is 0.598. The fourth-order valence-electron chi connectivity index (χ4n) is 1.85. The minimum absolute atomic E-state index is 0.0498. The van der Waals surface area contributed by atoms with E-state index in [1.165, 1.54) is 6.20 Å². The van der Waals surface area contributed by atoms with Gasteiger partial charge in [-0.2, -0.15) is 8.42 Å². The SMILES string of the molecule is CCc1ncc(S(=O)(=O)Nc2ccccc2C(C)N)[nH]1. The van der Waals surface area contributed by atoms with E-state index in [2.05, 4.69) is 14.7 Å². The molecular weight excluding hydrogens is 276 g/mol. The van der Waals surface area contributed by atoms with Crippen LogP contribution in [-0.2, 0) is 16.4 Å². The first kappa shape index (κ1) is 14.5. The van der Waals surface area contributed by atoms with E-state index in [1.54, 1.807) is 25.1 Å². The van der Waals surface area contributed by atoms with Gasteiger partial charge in [-0.3, -0.25) is 4.72 Å². The van der Waals surface area contributed by atoms with Gasteiger partial charge in [-0.25, -0.2) is 4.98 Å². The number of para-hydroxylation sites is 1. The predicted molar refractivity (Wildman–Crippen MR) is 77.8 cm³/mol. The van der Waals surface area contributed by atoms with E-state index in [4.69, 9.17) is 5.73 Å². The van der Waals surface area contributed by atoms with E-state index in [1.807, 2.05) is 13.0 Å². The van der Waals surface area contributed by atoms with Crippen LogP contribution in [0.1, 0.15) is 31.3 Å². The standard InChI is InChI=1S/C13H18N4O2S/c1-3-12-15-8-13(16-12)20(18,19)17-11-7-5-4-6-10(11)9(2)14/h4-9,17H,3,14H2,1-2H3,(H,15,16). The molecule has 0 aliphatic rings. The monoisotopic (exact) mass is 294 g/mol. The molecule has 2 aromatic rings. The molecule has 2 rings (SSSR count). The molecule has 0 bridgehead atoms. The average Bonchev–Trinajstić information content (AvgIpc) is 2.88. The molecule has 0 spiro atoms. The molecule has 0 amide bonds. The van der Waals surface area contributed by atoms with Gasteiger partial charge < -0.3 is 10.7 Å². The maximum absolute atomic E-state index is 12.3. The van der Waals surface area contributed by atoms with Crippen LogP contribution in [-0.4, -0.2) is 18.4 Å². The van der Waals surface area contributed by atoms with Crippen LogP contribution in [0.4, 0.5) is 5.69 Å². The van der Waals surface area contributed by atoms with Crippen LogP contribution >= 0.6 is 0 Å². The van der Waals surface area contributed by atoms with Gasteiger partial charge in [0.1, 0.15) is 5.82 Å². The third kappa shape index (κ3) is 3.00. The van der Waals surface area contributed by atoms with Crippen molar-refractivity contribution in [3.05, 3.63) is 41.9 Å². The number of rotatable bonds is 5. The lowest BCUT2D eigenvalue weighted by atomic mass is 10.1. The Kier molecular flexibility index (Phi) is 4.10. The first-order valence-electron chi connectivity index (χ1n) is 6.35. The molecule has 0 radical (unpaired) electrons. The number of nitrogens with zero attached hydrogens (tertiary/aromatic N) is 1. The molecule has 0 fully saturated rings. The van der Waals surface area contributed by atoms with Crippen molar-refractivity contribution in [2.45, 2.75) is 31.3 Å². The number of aryl methyl sites for hydroxylation is 1. The van der Waals surface area contributed by atoms with Gasteiger partial charge >= 0.3 is 0 Å². The number of imidazole rings is 1. The minimum Gasteiger partial charge on any atom is -0.332 e. The van der Waals surface area contributed by atoms with Crippen molar-refractivity contribution in [2.75, 3.05) is 4.72 Å². The fourth-order valence-corrected chi connectivity index (χ4v) is 2.88. The van der Waals surface area contributed by atoms with Crippen LogP contribution < -0.4 is 10.5 Å². The van der Waals surface area contributed by atoms with Crippen LogP contribution in [0.15, 0.2) is 35.5 Å². The summed E-state index contributed by atoms with van der Waals surface area (Å²) in [5.41, 5.74) is 7.07. The van der Waals surface area contributed by atoms with Crippen molar-refractivity contribution < 1.29 is 8.42 Å². The third-order valence-corrected chi connectivity index (χ3v) is 4.20. The quantitative estimate of drug-likeness (QED) is 0.782. The van der Waals surface area contributed by atoms with E-state index < -0.39 is 10.0 Å². The predicted octanol–water partition coefficient (Wildman–Crippen LogP) is 1.79. The second kappa shape index (κ2) is 5.64. The molecule has 1 aromatic heterocycles. The van der Waals surface area contributed by atoms with Crippen LogP contribution in [0.25, 0.3) is 0 Å². The summed E-state index contributed by atoms with van der Waals surface area (Å²) >= 11 is 0. The molecule has 6 nitrogen and oxygen atoms in total. The molecular formula is C13H18N4O2S. The average molecular weight is 294 g/mol. The van der Waals surface area contributed by atoms with Gasteiger partial charge in [0.05, 0.1) is 11.9 Å². The number of nitrogens with two attached hydrogens (primary N) is 1. The van der Waals surface area contributed by atoms with Gasteiger partial charge in [0.25, 0.3) is 10.0 Å². The molecule has 1 unspecified atom stereocenters. The molecule has 108 valence electrons. The highest BCUT2D eigenvalue weighted by Crippen LogP contribution is 2.23. The highest BCUT2D eigenvalue weighted by Gasteiger charge is 2.19. The Hall–Kier alpha value is -1.86. The Morgan fingerprint density at radius 1 is 1.40 bits per heavy atom. The number of H-pyrrole nitrogens is 1. The molecule has 20 heavy (non-hydrogen) atoms. The van der Waals surface area contributed by atoms with Crippen LogP contribution in [0.3, 0.4) is 0 Å². The maximum atomic E-state index is 12.3. The number of benzene rings is 1. The smallest absolute Gasteiger partial charge is 0.278 e. The molecule has 1 atom stereocenters. The van der Waals surface area contributed by atoms with Gasteiger partial charge in [-0.05, 0) is 18.6 Å². The van der Waals surface area contributed by atoms with Gasteiger partial charge in [0.15, 0.2) is 5.03 Å². The van der Waals surface area contributed by atoms with Crippen molar-refractivity contribution in [1.29, 1.82) is 0 Å². The zero-order valence-electron chi connectivity index (χ0n) is 11.4. The Bertz CT molecular complexity index is 692. The minimum atomic E-state index is -3.68. The van der Waals surface area contributed by atoms with E-state index >= 15 is 0 Å². The lowest BCUT2D eigenvalue weighted by Gasteiger charge is -2.13. The van der Waals surface area contributed by atoms with Gasteiger partial charge in [0, 0.05) is 12.5 Å². The summed E-state index contributed by atoms with van der Waals surface area (Å²) in [6, 6.07) is 6.80. The number of hydrogen-bond acceptors (Lipinski definition) is 4. The van der Waals surface area contributed by atoms with Crippen molar-refractivity contribution in [1.82, 2.24) is 9.97 Å². The Balaban J connectivity index is 2.33. The second-order valence-electron chi connectivity index (χ2n) is 4.53. The van der Waals surface area contributed by atoms with E-state index in [9.17, 15) is 8.42 Å². The molecule has 1 aromatic carbocycles. The molecule has 0 aliphatic carbocycles. The molecule has 4 N–H and O–H groups in total. The number of aromatic amines is 1. The highest BCUT2D eigenvalue weighted by atomic mass is 32.2. The number of anilines is 1. The summed E-state index contributed by atoms with van der Waals surface area (Å²) in [4.78, 5) is 6.78. The molecule has 0 aliphatic heterocycles. The summed E-state index contributed by atoms with van der Waals surface area (Å²) in [7, 11) is -3.68. The van der Waals surface area contributed by atoms with E-state index in [-0.39, 0.29) is 11.1 Å². The van der Waals surface area contributed by atoms with Gasteiger partial charge in [-0.15, -0.1) is 0 Å². The van der Waals surface area contributed by atoms with Crippen molar-refractivity contribution in [2.24, 2.45) is 5.73 Å². The van der Waals surface area contributed by atoms with Crippen molar-refractivity contribution in [3.8, 4) is 0 Å². The Morgan fingerprint density at radius 3 is 2.70 bits per heavy atom. The highest BCUT2D eigenvalue weighted by molar-refractivity contribution is 7.92. The van der Waals surface area contributed by atoms with Gasteiger partial charge in [0.2, 0.25) is 0 Å². The number of hydrogen-bond donors (Lipinski definition) is 3. The normalized spacial score (nSPS) is 13.2.